The minimum absolute atomic E-state index is 0.226. The van der Waals surface area contributed by atoms with Crippen molar-refractivity contribution in [1.82, 2.24) is 10.2 Å². The summed E-state index contributed by atoms with van der Waals surface area (Å²) >= 11 is 0. The minimum atomic E-state index is 0.226. The van der Waals surface area contributed by atoms with E-state index in [9.17, 15) is 0 Å². The summed E-state index contributed by atoms with van der Waals surface area (Å²) in [5.41, 5.74) is 0.226. The van der Waals surface area contributed by atoms with Crippen LogP contribution in [0.5, 0.6) is 0 Å². The van der Waals surface area contributed by atoms with Gasteiger partial charge in [-0.05, 0) is 33.7 Å². The van der Waals surface area contributed by atoms with Crippen LogP contribution >= 0.6 is 0 Å². The first kappa shape index (κ1) is 12.0. The van der Waals surface area contributed by atoms with E-state index in [0.717, 1.165) is 19.7 Å². The second-order valence-electron chi connectivity index (χ2n) is 4.99. The molecule has 1 N–H and O–H groups in total. The molecule has 0 aliphatic carbocycles. The number of rotatable bonds is 3. The molecular weight excluding hydrogens is 176 g/mol. The van der Waals surface area contributed by atoms with Crippen LogP contribution in [0.3, 0.4) is 0 Å². The first-order chi connectivity index (χ1) is 6.53. The molecule has 1 aliphatic heterocycles. The Morgan fingerprint density at radius 2 is 2.21 bits per heavy atom. The lowest BCUT2D eigenvalue weighted by atomic mass is 10.0. The van der Waals surface area contributed by atoms with Gasteiger partial charge in [-0.15, -0.1) is 0 Å². The molecule has 1 aliphatic rings. The largest absolute Gasteiger partial charge is 0.383 e. The second kappa shape index (κ2) is 5.10. The van der Waals surface area contributed by atoms with Gasteiger partial charge in [0.25, 0.3) is 0 Å². The van der Waals surface area contributed by atoms with Crippen molar-refractivity contribution in [3.8, 4) is 0 Å². The van der Waals surface area contributed by atoms with Crippen molar-refractivity contribution in [3.63, 3.8) is 0 Å². The van der Waals surface area contributed by atoms with Crippen molar-refractivity contribution in [2.24, 2.45) is 0 Å². The molecule has 1 unspecified atom stereocenters. The number of nitrogens with zero attached hydrogens (tertiary/aromatic N) is 1. The van der Waals surface area contributed by atoms with E-state index in [1.54, 1.807) is 7.11 Å². The van der Waals surface area contributed by atoms with Gasteiger partial charge in [0, 0.05) is 31.8 Å². The Labute approximate surface area is 87.8 Å². The Balaban J connectivity index is 2.45. The van der Waals surface area contributed by atoms with Crippen molar-refractivity contribution in [1.29, 1.82) is 0 Å². The average molecular weight is 200 g/mol. The van der Waals surface area contributed by atoms with E-state index in [2.05, 4.69) is 31.0 Å². The molecule has 3 nitrogen and oxygen atoms in total. The number of hydrogen-bond donors (Lipinski definition) is 1. The summed E-state index contributed by atoms with van der Waals surface area (Å²) in [5, 5.41) is 3.64. The molecule has 1 rings (SSSR count). The maximum atomic E-state index is 5.12. The molecule has 0 radical (unpaired) electrons. The fourth-order valence-electron chi connectivity index (χ4n) is 2.21. The van der Waals surface area contributed by atoms with Crippen LogP contribution in [0.1, 0.15) is 27.2 Å². The molecule has 84 valence electrons. The predicted molar refractivity (Wildman–Crippen MR) is 59.6 cm³/mol. The van der Waals surface area contributed by atoms with Crippen molar-refractivity contribution >= 4 is 0 Å². The van der Waals surface area contributed by atoms with E-state index in [-0.39, 0.29) is 5.54 Å². The van der Waals surface area contributed by atoms with Crippen LogP contribution in [0.2, 0.25) is 0 Å². The van der Waals surface area contributed by atoms with Gasteiger partial charge in [-0.1, -0.05) is 0 Å². The van der Waals surface area contributed by atoms with Gasteiger partial charge in [-0.25, -0.2) is 0 Å². The lowest BCUT2D eigenvalue weighted by Crippen LogP contribution is -2.49. The highest BCUT2D eigenvalue weighted by Crippen LogP contribution is 2.13. The Hall–Kier alpha value is -0.120. The predicted octanol–water partition coefficient (Wildman–Crippen LogP) is 1.10. The van der Waals surface area contributed by atoms with Crippen molar-refractivity contribution in [2.75, 3.05) is 33.4 Å². The summed E-state index contributed by atoms with van der Waals surface area (Å²) < 4.78 is 5.12. The number of ether oxygens (including phenoxy) is 1. The molecule has 3 heteroatoms. The molecule has 0 amide bonds. The summed E-state index contributed by atoms with van der Waals surface area (Å²) in [6.45, 7) is 11.0. The third-order valence-electron chi connectivity index (χ3n) is 2.75. The maximum Gasteiger partial charge on any atom is 0.0589 e. The number of hydrogen-bond acceptors (Lipinski definition) is 3. The average Bonchev–Trinajstić information content (AvgIpc) is 2.20. The smallest absolute Gasteiger partial charge is 0.0589 e. The molecule has 0 aromatic carbocycles. The van der Waals surface area contributed by atoms with Gasteiger partial charge in [0.2, 0.25) is 0 Å². The van der Waals surface area contributed by atoms with Crippen molar-refractivity contribution in [2.45, 2.75) is 38.8 Å². The zero-order chi connectivity index (χ0) is 10.6. The highest BCUT2D eigenvalue weighted by atomic mass is 16.5. The Morgan fingerprint density at radius 3 is 2.86 bits per heavy atom. The zero-order valence-corrected chi connectivity index (χ0v) is 9.97. The summed E-state index contributed by atoms with van der Waals surface area (Å²) in [4.78, 5) is 2.49. The monoisotopic (exact) mass is 200 g/mol. The van der Waals surface area contributed by atoms with Gasteiger partial charge in [0.05, 0.1) is 6.61 Å². The van der Waals surface area contributed by atoms with E-state index in [1.165, 1.54) is 13.0 Å². The molecule has 1 fully saturated rings. The van der Waals surface area contributed by atoms with E-state index in [4.69, 9.17) is 4.74 Å². The molecule has 1 saturated heterocycles. The molecule has 0 saturated carbocycles. The van der Waals surface area contributed by atoms with Crippen molar-refractivity contribution in [3.05, 3.63) is 0 Å². The lowest BCUT2D eigenvalue weighted by molar-refractivity contribution is 0.138. The Kier molecular flexibility index (Phi) is 4.35. The topological polar surface area (TPSA) is 24.5 Å². The van der Waals surface area contributed by atoms with Gasteiger partial charge in [-0.2, -0.15) is 0 Å². The second-order valence-corrected chi connectivity index (χ2v) is 4.99. The van der Waals surface area contributed by atoms with E-state index >= 15 is 0 Å². The standard InChI is InChI=1S/C11H24N2O/c1-10-5-6-13(7-8-14-4)9-11(2,3)12-10/h10,12H,5-9H2,1-4H3. The van der Waals surface area contributed by atoms with Gasteiger partial charge in [-0.3, -0.25) is 4.90 Å². The highest BCUT2D eigenvalue weighted by molar-refractivity contribution is 4.87. The summed E-state index contributed by atoms with van der Waals surface area (Å²) in [6, 6.07) is 0.623. The van der Waals surface area contributed by atoms with Gasteiger partial charge < -0.3 is 10.1 Å². The van der Waals surface area contributed by atoms with E-state index < -0.39 is 0 Å². The zero-order valence-electron chi connectivity index (χ0n) is 9.97. The SMILES string of the molecule is COCCN1CCC(C)NC(C)(C)C1. The summed E-state index contributed by atoms with van der Waals surface area (Å²) in [6.07, 6.45) is 1.23. The molecule has 1 heterocycles. The number of nitrogens with one attached hydrogen (secondary N) is 1. The van der Waals surface area contributed by atoms with Crippen LogP contribution in [-0.2, 0) is 4.74 Å². The van der Waals surface area contributed by atoms with Crippen LogP contribution in [0.25, 0.3) is 0 Å². The van der Waals surface area contributed by atoms with E-state index in [1.807, 2.05) is 0 Å². The van der Waals surface area contributed by atoms with Gasteiger partial charge in [0.1, 0.15) is 0 Å². The molecule has 0 spiro atoms. The fraction of sp³-hybridized carbons (Fsp3) is 1.00. The first-order valence-corrected chi connectivity index (χ1v) is 5.52. The normalized spacial score (nSPS) is 28.7. The molecule has 0 bridgehead atoms. The Bertz CT molecular complexity index is 171. The van der Waals surface area contributed by atoms with E-state index in [0.29, 0.717) is 6.04 Å². The first-order valence-electron chi connectivity index (χ1n) is 5.52. The van der Waals surface area contributed by atoms with Gasteiger partial charge in [0.15, 0.2) is 0 Å². The fourth-order valence-corrected chi connectivity index (χ4v) is 2.21. The van der Waals surface area contributed by atoms with Crippen LogP contribution in [-0.4, -0.2) is 49.8 Å². The van der Waals surface area contributed by atoms with Crippen LogP contribution in [0.15, 0.2) is 0 Å². The van der Waals surface area contributed by atoms with Gasteiger partial charge >= 0.3 is 0 Å². The quantitative estimate of drug-likeness (QED) is 0.738. The molecule has 1 atom stereocenters. The minimum Gasteiger partial charge on any atom is -0.383 e. The van der Waals surface area contributed by atoms with Crippen molar-refractivity contribution < 1.29 is 4.74 Å². The third kappa shape index (κ3) is 3.95. The molecule has 0 aromatic rings. The molecule has 0 aromatic heterocycles. The van der Waals surface area contributed by atoms with Crippen LogP contribution < -0.4 is 5.32 Å². The molecular formula is C11H24N2O. The lowest BCUT2D eigenvalue weighted by Gasteiger charge is -2.30. The highest BCUT2D eigenvalue weighted by Gasteiger charge is 2.26. The molecule has 14 heavy (non-hydrogen) atoms. The van der Waals surface area contributed by atoms with Crippen LogP contribution in [0, 0.1) is 0 Å². The van der Waals surface area contributed by atoms with Crippen LogP contribution in [0.4, 0.5) is 0 Å². The number of methoxy groups -OCH3 is 1. The summed E-state index contributed by atoms with van der Waals surface area (Å²) in [7, 11) is 1.77. The third-order valence-corrected chi connectivity index (χ3v) is 2.75. The summed E-state index contributed by atoms with van der Waals surface area (Å²) in [5.74, 6) is 0. The Morgan fingerprint density at radius 1 is 1.50 bits per heavy atom. The maximum absolute atomic E-state index is 5.12.